The first-order valence-corrected chi connectivity index (χ1v) is 13.3. The van der Waals surface area contributed by atoms with Crippen molar-refractivity contribution in [2.45, 2.75) is 13.8 Å². The SMILES string of the molecule is Cc1c(/C=C/C=c2/c(C)c3c([nH]c2=O)=NN(c2ccc(C(=O)O)cc2)C3=O)c(O)[nH]c2nn(-c3ccc(C(=O)O)cc3)c(=O)c1-2. The lowest BCUT2D eigenvalue weighted by Crippen LogP contribution is -2.38. The number of aromatic hydroxyl groups is 1. The van der Waals surface area contributed by atoms with Gasteiger partial charge in [0.2, 0.25) is 0 Å². The second-order valence-corrected chi connectivity index (χ2v) is 10.1. The van der Waals surface area contributed by atoms with E-state index in [0.717, 1.165) is 9.69 Å². The van der Waals surface area contributed by atoms with Crippen LogP contribution in [-0.4, -0.2) is 52.9 Å². The average molecular weight is 607 g/mol. The summed E-state index contributed by atoms with van der Waals surface area (Å²) in [7, 11) is 0. The summed E-state index contributed by atoms with van der Waals surface area (Å²) in [5.74, 6) is -2.89. The number of H-pyrrole nitrogens is 2. The van der Waals surface area contributed by atoms with E-state index in [9.17, 15) is 29.1 Å². The number of pyridine rings is 2. The number of aromatic nitrogens is 4. The Bertz CT molecular complexity index is 2310. The number of allylic oxidation sites excluding steroid dienone is 1. The molecule has 3 aliphatic heterocycles. The van der Waals surface area contributed by atoms with Crippen molar-refractivity contribution in [2.24, 2.45) is 5.10 Å². The van der Waals surface area contributed by atoms with E-state index in [1.807, 2.05) is 0 Å². The number of carboxylic acids is 2. The minimum Gasteiger partial charge on any atom is -0.494 e. The summed E-state index contributed by atoms with van der Waals surface area (Å²) in [5.41, 5.74) is 1.20. The number of benzene rings is 2. The van der Waals surface area contributed by atoms with Crippen LogP contribution < -0.4 is 26.8 Å². The van der Waals surface area contributed by atoms with Gasteiger partial charge in [0.1, 0.15) is 0 Å². The molecule has 6 rings (SSSR count). The zero-order chi connectivity index (χ0) is 32.2. The zero-order valence-corrected chi connectivity index (χ0v) is 23.5. The molecule has 0 bridgehead atoms. The molecule has 3 aromatic rings. The van der Waals surface area contributed by atoms with E-state index in [1.165, 1.54) is 66.8 Å². The van der Waals surface area contributed by atoms with Crippen LogP contribution in [0.15, 0.2) is 69.3 Å². The number of hydrogen-bond acceptors (Lipinski definition) is 8. The van der Waals surface area contributed by atoms with Crippen LogP contribution in [0.3, 0.4) is 0 Å². The molecule has 0 unspecified atom stereocenters. The van der Waals surface area contributed by atoms with Crippen LogP contribution in [0, 0.1) is 13.8 Å². The third-order valence-electron chi connectivity index (χ3n) is 7.46. The van der Waals surface area contributed by atoms with Crippen molar-refractivity contribution in [1.82, 2.24) is 19.7 Å². The van der Waals surface area contributed by atoms with Gasteiger partial charge in [0.25, 0.3) is 17.0 Å². The molecule has 0 atom stereocenters. The van der Waals surface area contributed by atoms with Gasteiger partial charge in [0, 0.05) is 10.8 Å². The van der Waals surface area contributed by atoms with E-state index in [0.29, 0.717) is 22.5 Å². The Balaban J connectivity index is 1.35. The Hall–Kier alpha value is -6.57. The molecular formula is C31H22N6O8. The number of aromatic amines is 2. The first-order valence-electron chi connectivity index (χ1n) is 13.3. The molecule has 3 aliphatic rings. The summed E-state index contributed by atoms with van der Waals surface area (Å²) >= 11 is 0. The molecule has 1 amide bonds. The number of rotatable bonds is 6. The molecule has 2 aromatic carbocycles. The largest absolute Gasteiger partial charge is 0.494 e. The molecular weight excluding hydrogens is 584 g/mol. The summed E-state index contributed by atoms with van der Waals surface area (Å²) in [6.07, 6.45) is 4.44. The van der Waals surface area contributed by atoms with Crippen molar-refractivity contribution in [3.63, 3.8) is 0 Å². The number of carbonyl (C=O) groups excluding carboxylic acids is 1. The highest BCUT2D eigenvalue weighted by molar-refractivity contribution is 6.08. The third kappa shape index (κ3) is 4.75. The van der Waals surface area contributed by atoms with Gasteiger partial charge in [-0.25, -0.2) is 9.59 Å². The van der Waals surface area contributed by atoms with Crippen LogP contribution in [0.1, 0.15) is 47.8 Å². The number of carbonyl (C=O) groups is 3. The number of anilines is 1. The Morgan fingerprint density at radius 3 is 2.02 bits per heavy atom. The molecule has 0 spiro atoms. The van der Waals surface area contributed by atoms with Gasteiger partial charge in [0.15, 0.2) is 17.2 Å². The summed E-state index contributed by atoms with van der Waals surface area (Å²) in [4.78, 5) is 67.1. The van der Waals surface area contributed by atoms with E-state index < -0.39 is 29.0 Å². The van der Waals surface area contributed by atoms with Crippen molar-refractivity contribution in [3.8, 4) is 23.0 Å². The van der Waals surface area contributed by atoms with Gasteiger partial charge in [-0.05, 0) is 85.7 Å². The molecule has 14 nitrogen and oxygen atoms in total. The van der Waals surface area contributed by atoms with Gasteiger partial charge in [-0.1, -0.05) is 6.08 Å². The second-order valence-electron chi connectivity index (χ2n) is 10.1. The van der Waals surface area contributed by atoms with Crippen LogP contribution in [-0.2, 0) is 0 Å². The average Bonchev–Trinajstić information content (AvgIpc) is 3.52. The molecule has 4 heterocycles. The maximum absolute atomic E-state index is 13.3. The van der Waals surface area contributed by atoms with Crippen LogP contribution in [0.25, 0.3) is 29.2 Å². The molecule has 0 saturated carbocycles. The monoisotopic (exact) mass is 606 g/mol. The Morgan fingerprint density at radius 2 is 1.42 bits per heavy atom. The standard InChI is InChI=1S/C31H22N6O8/c1-14-20(26(38)32-24-22(14)28(40)36(34-24)18-10-6-16(7-11-18)30(42)43)4-3-5-21-15(2)23-25(33-27(21)39)35-37(29(23)41)19-12-8-17(9-13-19)31(44)45/h3-13H,1-2H3,(H,42,43)(H,44,45)(H,32,34,38)(H2,33,35,39)/b5-3+,20-4-. The van der Waals surface area contributed by atoms with Crippen LogP contribution in [0.2, 0.25) is 0 Å². The van der Waals surface area contributed by atoms with Gasteiger partial charge in [-0.15, -0.1) is 10.2 Å². The van der Waals surface area contributed by atoms with E-state index in [4.69, 9.17) is 10.2 Å². The second kappa shape index (κ2) is 10.6. The zero-order valence-electron chi connectivity index (χ0n) is 23.5. The number of carboxylic acid groups (broad SMARTS) is 2. The highest BCUT2D eigenvalue weighted by Gasteiger charge is 2.28. The fourth-order valence-electron chi connectivity index (χ4n) is 5.11. The highest BCUT2D eigenvalue weighted by atomic mass is 16.4. The van der Waals surface area contributed by atoms with Crippen LogP contribution in [0.5, 0.6) is 5.88 Å². The molecule has 1 aromatic heterocycles. The molecule has 5 N–H and O–H groups in total. The fraction of sp³-hybridized carbons (Fsp3) is 0.0645. The molecule has 0 saturated heterocycles. The lowest BCUT2D eigenvalue weighted by Gasteiger charge is -2.12. The van der Waals surface area contributed by atoms with Crippen LogP contribution >= 0.6 is 0 Å². The smallest absolute Gasteiger partial charge is 0.335 e. The maximum atomic E-state index is 13.3. The highest BCUT2D eigenvalue weighted by Crippen LogP contribution is 2.30. The summed E-state index contributed by atoms with van der Waals surface area (Å²) < 4.78 is 1.10. The number of amides is 1. The number of fused-ring (bicyclic) bond motifs is 2. The predicted molar refractivity (Wildman–Crippen MR) is 160 cm³/mol. The number of hydrogen-bond donors (Lipinski definition) is 5. The molecule has 224 valence electrons. The topological polar surface area (TPSA) is 211 Å². The Labute approximate surface area is 251 Å². The molecule has 0 aliphatic carbocycles. The molecule has 0 radical (unpaired) electrons. The first-order chi connectivity index (χ1) is 21.5. The van der Waals surface area contributed by atoms with Gasteiger partial charge >= 0.3 is 11.9 Å². The summed E-state index contributed by atoms with van der Waals surface area (Å²) in [5, 5.41) is 38.7. The lowest BCUT2D eigenvalue weighted by atomic mass is 10.0. The molecule has 45 heavy (non-hydrogen) atoms. The van der Waals surface area contributed by atoms with Gasteiger partial charge in [0.05, 0.1) is 33.6 Å². The van der Waals surface area contributed by atoms with Gasteiger partial charge < -0.3 is 25.3 Å². The lowest BCUT2D eigenvalue weighted by molar-refractivity contribution is 0.0686. The maximum Gasteiger partial charge on any atom is 0.335 e. The van der Waals surface area contributed by atoms with Crippen molar-refractivity contribution in [3.05, 3.63) is 119 Å². The predicted octanol–water partition coefficient (Wildman–Crippen LogP) is 1.76. The van der Waals surface area contributed by atoms with Crippen molar-refractivity contribution in [1.29, 1.82) is 0 Å². The van der Waals surface area contributed by atoms with Crippen LogP contribution in [0.4, 0.5) is 5.69 Å². The van der Waals surface area contributed by atoms with Crippen molar-refractivity contribution >= 4 is 35.7 Å². The summed E-state index contributed by atoms with van der Waals surface area (Å²) in [6.45, 7) is 3.23. The number of nitrogens with zero attached hydrogens (tertiary/aromatic N) is 4. The Morgan fingerprint density at radius 1 is 0.822 bits per heavy atom. The molecule has 0 fully saturated rings. The first kappa shape index (κ1) is 28.5. The van der Waals surface area contributed by atoms with Gasteiger partial charge in [-0.3, -0.25) is 14.4 Å². The quantitative estimate of drug-likeness (QED) is 0.190. The van der Waals surface area contributed by atoms with E-state index >= 15 is 0 Å². The molecule has 14 heteroatoms. The number of aromatic carboxylic acids is 2. The third-order valence-corrected chi connectivity index (χ3v) is 7.46. The summed E-state index contributed by atoms with van der Waals surface area (Å²) in [6, 6.07) is 11.2. The Kier molecular flexibility index (Phi) is 6.73. The van der Waals surface area contributed by atoms with Gasteiger partial charge in [-0.2, -0.15) is 9.69 Å². The fourth-order valence-corrected chi connectivity index (χ4v) is 5.11. The van der Waals surface area contributed by atoms with E-state index in [-0.39, 0.29) is 50.2 Å². The van der Waals surface area contributed by atoms with E-state index in [1.54, 1.807) is 13.8 Å². The van der Waals surface area contributed by atoms with Crippen molar-refractivity contribution < 1.29 is 29.7 Å². The number of nitrogens with one attached hydrogen (secondary N) is 2. The normalized spacial score (nSPS) is 13.1. The minimum absolute atomic E-state index is 0.0433. The van der Waals surface area contributed by atoms with E-state index in [2.05, 4.69) is 20.2 Å². The minimum atomic E-state index is -1.11. The van der Waals surface area contributed by atoms with Crippen molar-refractivity contribution in [2.75, 3.05) is 5.01 Å².